The Balaban J connectivity index is 2.08. The van der Waals surface area contributed by atoms with Crippen LogP contribution in [0.4, 0.5) is 0 Å². The molecule has 5 heteroatoms. The van der Waals surface area contributed by atoms with Gasteiger partial charge in [-0.2, -0.15) is 0 Å². The first-order valence-corrected chi connectivity index (χ1v) is 7.36. The summed E-state index contributed by atoms with van der Waals surface area (Å²) in [5, 5.41) is 6.80. The number of hydrogen-bond donors (Lipinski definition) is 1. The summed E-state index contributed by atoms with van der Waals surface area (Å²) in [6.45, 7) is 6.11. The van der Waals surface area contributed by atoms with Crippen LogP contribution < -0.4 is 5.32 Å². The topological polar surface area (TPSA) is 64.4 Å². The van der Waals surface area contributed by atoms with Gasteiger partial charge in [0.15, 0.2) is 5.76 Å². The third-order valence-electron chi connectivity index (χ3n) is 3.54. The first-order valence-electron chi connectivity index (χ1n) is 7.36. The lowest BCUT2D eigenvalue weighted by Crippen LogP contribution is -2.30. The molecule has 0 saturated carbocycles. The minimum atomic E-state index is -0.187. The molecule has 0 aliphatic carbocycles. The molecule has 1 heterocycles. The second-order valence-corrected chi connectivity index (χ2v) is 5.51. The van der Waals surface area contributed by atoms with E-state index >= 15 is 0 Å². The van der Waals surface area contributed by atoms with Gasteiger partial charge >= 0.3 is 0 Å². The lowest BCUT2D eigenvalue weighted by atomic mass is 10.0. The molecule has 1 atom stereocenters. The van der Waals surface area contributed by atoms with E-state index in [4.69, 9.17) is 9.26 Å². The Labute approximate surface area is 130 Å². The number of methoxy groups -OCH3 is 1. The van der Waals surface area contributed by atoms with E-state index in [1.165, 1.54) is 0 Å². The third kappa shape index (κ3) is 3.54. The summed E-state index contributed by atoms with van der Waals surface area (Å²) in [4.78, 5) is 12.4. The number of aryl methyl sites for hydroxylation is 1. The molecule has 0 saturated heterocycles. The fourth-order valence-electron chi connectivity index (χ4n) is 2.34. The average Bonchev–Trinajstić information content (AvgIpc) is 2.91. The number of rotatable bonds is 6. The smallest absolute Gasteiger partial charge is 0.256 e. The van der Waals surface area contributed by atoms with Crippen LogP contribution in [0.25, 0.3) is 0 Å². The number of aromatic nitrogens is 1. The highest BCUT2D eigenvalue weighted by Crippen LogP contribution is 2.22. The molecule has 1 N–H and O–H groups in total. The zero-order valence-corrected chi connectivity index (χ0v) is 13.4. The van der Waals surface area contributed by atoms with E-state index in [1.807, 2.05) is 44.2 Å². The van der Waals surface area contributed by atoms with Gasteiger partial charge in [-0.1, -0.05) is 49.3 Å². The van der Waals surface area contributed by atoms with E-state index in [0.29, 0.717) is 23.6 Å². The first kappa shape index (κ1) is 16.2. The van der Waals surface area contributed by atoms with Crippen molar-refractivity contribution in [3.05, 3.63) is 52.9 Å². The van der Waals surface area contributed by atoms with Gasteiger partial charge in [-0.05, 0) is 12.5 Å². The summed E-state index contributed by atoms with van der Waals surface area (Å²) in [5.41, 5.74) is 2.16. The predicted octanol–water partition coefficient (Wildman–Crippen LogP) is 3.22. The highest BCUT2D eigenvalue weighted by molar-refractivity contribution is 5.96. The van der Waals surface area contributed by atoms with Crippen molar-refractivity contribution in [3.63, 3.8) is 0 Å². The first-order chi connectivity index (χ1) is 10.5. The molecular weight excluding hydrogens is 280 g/mol. The molecule has 0 spiro atoms. The largest absolute Gasteiger partial charge is 0.375 e. The van der Waals surface area contributed by atoms with Crippen molar-refractivity contribution in [3.8, 4) is 0 Å². The Morgan fingerprint density at radius 3 is 2.59 bits per heavy atom. The van der Waals surface area contributed by atoms with Gasteiger partial charge < -0.3 is 14.6 Å². The maximum absolute atomic E-state index is 12.4. The number of nitrogens with one attached hydrogen (secondary N) is 1. The quantitative estimate of drug-likeness (QED) is 0.890. The zero-order chi connectivity index (χ0) is 16.1. The number of nitrogens with zero attached hydrogens (tertiary/aromatic N) is 1. The fourth-order valence-corrected chi connectivity index (χ4v) is 2.34. The van der Waals surface area contributed by atoms with Crippen molar-refractivity contribution in [2.24, 2.45) is 0 Å². The van der Waals surface area contributed by atoms with E-state index in [0.717, 1.165) is 5.56 Å². The minimum Gasteiger partial charge on any atom is -0.375 e. The van der Waals surface area contributed by atoms with E-state index in [-0.39, 0.29) is 17.9 Å². The third-order valence-corrected chi connectivity index (χ3v) is 3.54. The summed E-state index contributed by atoms with van der Waals surface area (Å²) in [6, 6.07) is 9.80. The van der Waals surface area contributed by atoms with Crippen molar-refractivity contribution >= 4 is 5.91 Å². The van der Waals surface area contributed by atoms with Crippen molar-refractivity contribution in [1.82, 2.24) is 10.5 Å². The summed E-state index contributed by atoms with van der Waals surface area (Å²) in [5.74, 6) is 0.540. The molecule has 0 unspecified atom stereocenters. The molecule has 0 fully saturated rings. The van der Waals surface area contributed by atoms with Crippen LogP contribution in [0.15, 0.2) is 34.9 Å². The van der Waals surface area contributed by atoms with Crippen LogP contribution in [0.3, 0.4) is 0 Å². The van der Waals surface area contributed by atoms with Gasteiger partial charge in [-0.3, -0.25) is 4.79 Å². The van der Waals surface area contributed by atoms with E-state index in [2.05, 4.69) is 10.5 Å². The number of carbonyl (C=O) groups is 1. The monoisotopic (exact) mass is 302 g/mol. The predicted molar refractivity (Wildman–Crippen MR) is 83.9 cm³/mol. The molecular formula is C17H22N2O3. The Bertz CT molecular complexity index is 620. The van der Waals surface area contributed by atoms with Gasteiger partial charge in [-0.25, -0.2) is 0 Å². The molecule has 2 rings (SSSR count). The van der Waals surface area contributed by atoms with Crippen molar-refractivity contribution < 1.29 is 14.1 Å². The van der Waals surface area contributed by atoms with Gasteiger partial charge in [0, 0.05) is 19.6 Å². The molecule has 118 valence electrons. The van der Waals surface area contributed by atoms with Crippen LogP contribution in [0, 0.1) is 6.92 Å². The van der Waals surface area contributed by atoms with E-state index in [1.54, 1.807) is 14.0 Å². The molecule has 0 bridgehead atoms. The SMILES string of the molecule is CO[C@@H](CNC(=O)c1c(C)noc1C(C)C)c1ccccc1. The number of amides is 1. The van der Waals surface area contributed by atoms with Crippen LogP contribution in [0.5, 0.6) is 0 Å². The number of hydrogen-bond acceptors (Lipinski definition) is 4. The molecule has 22 heavy (non-hydrogen) atoms. The summed E-state index contributed by atoms with van der Waals surface area (Å²) >= 11 is 0. The number of carbonyl (C=O) groups excluding carboxylic acids is 1. The summed E-state index contributed by atoms with van der Waals surface area (Å²) in [6.07, 6.45) is -0.187. The Kier molecular flexibility index (Phi) is 5.33. The normalized spacial score (nSPS) is 12.4. The van der Waals surface area contributed by atoms with Crippen molar-refractivity contribution in [2.45, 2.75) is 32.8 Å². The lowest BCUT2D eigenvalue weighted by Gasteiger charge is -2.16. The highest BCUT2D eigenvalue weighted by Gasteiger charge is 2.23. The molecule has 1 amide bonds. The van der Waals surface area contributed by atoms with E-state index < -0.39 is 0 Å². The van der Waals surface area contributed by atoms with Crippen LogP contribution in [-0.4, -0.2) is 24.7 Å². The molecule has 0 aliphatic heterocycles. The molecule has 5 nitrogen and oxygen atoms in total. The fraction of sp³-hybridized carbons (Fsp3) is 0.412. The zero-order valence-electron chi connectivity index (χ0n) is 13.4. The molecule has 0 aliphatic rings. The maximum Gasteiger partial charge on any atom is 0.256 e. The Hall–Kier alpha value is -2.14. The minimum absolute atomic E-state index is 0.106. The number of ether oxygens (including phenoxy) is 1. The second kappa shape index (κ2) is 7.22. The van der Waals surface area contributed by atoms with Crippen LogP contribution in [0.1, 0.15) is 53.2 Å². The van der Waals surface area contributed by atoms with Gasteiger partial charge in [0.05, 0.1) is 11.8 Å². The van der Waals surface area contributed by atoms with Crippen LogP contribution >= 0.6 is 0 Å². The van der Waals surface area contributed by atoms with Crippen molar-refractivity contribution in [1.29, 1.82) is 0 Å². The molecule has 2 aromatic rings. The standard InChI is InChI=1S/C17H22N2O3/c1-11(2)16-15(12(3)19-22-16)17(20)18-10-14(21-4)13-8-6-5-7-9-13/h5-9,11,14H,10H2,1-4H3,(H,18,20)/t14-/m0/s1. The van der Waals surface area contributed by atoms with Gasteiger partial charge in [-0.15, -0.1) is 0 Å². The second-order valence-electron chi connectivity index (χ2n) is 5.51. The Morgan fingerprint density at radius 1 is 1.32 bits per heavy atom. The summed E-state index contributed by atoms with van der Waals surface area (Å²) < 4.78 is 10.7. The molecule has 1 aromatic heterocycles. The average molecular weight is 302 g/mol. The highest BCUT2D eigenvalue weighted by atomic mass is 16.5. The summed E-state index contributed by atoms with van der Waals surface area (Å²) in [7, 11) is 1.63. The van der Waals surface area contributed by atoms with E-state index in [9.17, 15) is 4.79 Å². The lowest BCUT2D eigenvalue weighted by molar-refractivity contribution is 0.0825. The van der Waals surface area contributed by atoms with Gasteiger partial charge in [0.2, 0.25) is 0 Å². The van der Waals surface area contributed by atoms with Gasteiger partial charge in [0.25, 0.3) is 5.91 Å². The molecule has 1 aromatic carbocycles. The van der Waals surface area contributed by atoms with Crippen molar-refractivity contribution in [2.75, 3.05) is 13.7 Å². The molecule has 0 radical (unpaired) electrons. The van der Waals surface area contributed by atoms with Crippen LogP contribution in [-0.2, 0) is 4.74 Å². The van der Waals surface area contributed by atoms with Gasteiger partial charge in [0.1, 0.15) is 5.56 Å². The Morgan fingerprint density at radius 2 is 2.00 bits per heavy atom. The van der Waals surface area contributed by atoms with Crippen LogP contribution in [0.2, 0.25) is 0 Å². The maximum atomic E-state index is 12.4. The number of benzene rings is 1.